The second-order valence-electron chi connectivity index (χ2n) is 3.90. The van der Waals surface area contributed by atoms with Gasteiger partial charge >= 0.3 is 0 Å². The molecule has 0 saturated heterocycles. The molecule has 0 radical (unpaired) electrons. The molecule has 2 N–H and O–H groups in total. The van der Waals surface area contributed by atoms with Crippen molar-refractivity contribution in [3.05, 3.63) is 18.2 Å². The molecule has 0 amide bonds. The first-order valence-corrected chi connectivity index (χ1v) is 7.39. The van der Waals surface area contributed by atoms with Crippen molar-refractivity contribution in [1.82, 2.24) is 10.0 Å². The molecule has 1 aromatic rings. The van der Waals surface area contributed by atoms with E-state index in [0.717, 1.165) is 13.0 Å². The largest absolute Gasteiger partial charge is 0.497 e. The van der Waals surface area contributed by atoms with E-state index in [2.05, 4.69) is 10.0 Å². The molecule has 20 heavy (non-hydrogen) atoms. The normalized spacial score (nSPS) is 10.8. The van der Waals surface area contributed by atoms with E-state index < -0.39 is 10.0 Å². The van der Waals surface area contributed by atoms with Crippen LogP contribution in [0.3, 0.4) is 0 Å². The minimum atomic E-state index is -3.54. The van der Waals surface area contributed by atoms with Crippen LogP contribution in [0.5, 0.6) is 11.5 Å². The zero-order chi connectivity index (χ0) is 14.3. The summed E-state index contributed by atoms with van der Waals surface area (Å²) in [5.74, 6) is 0.880. The van der Waals surface area contributed by atoms with Gasteiger partial charge in [0, 0.05) is 24.7 Å². The Balaban J connectivity index is 0.00000361. The summed E-state index contributed by atoms with van der Waals surface area (Å²) >= 11 is 0. The van der Waals surface area contributed by atoms with Crippen LogP contribution < -0.4 is 19.5 Å². The summed E-state index contributed by atoms with van der Waals surface area (Å²) in [5.41, 5.74) is 0. The van der Waals surface area contributed by atoms with E-state index in [9.17, 15) is 8.42 Å². The predicted octanol–water partition coefficient (Wildman–Crippen LogP) is 1.01. The molecular formula is C12H21ClN2O4S. The Bertz CT molecular complexity index is 486. The van der Waals surface area contributed by atoms with Gasteiger partial charge in [0.25, 0.3) is 0 Å². The van der Waals surface area contributed by atoms with Gasteiger partial charge in [0.05, 0.1) is 19.1 Å². The molecule has 1 aromatic carbocycles. The summed E-state index contributed by atoms with van der Waals surface area (Å²) in [6.45, 7) is 1.13. The van der Waals surface area contributed by atoms with Gasteiger partial charge in [0.2, 0.25) is 10.0 Å². The average molecular weight is 325 g/mol. The Labute approximate surface area is 126 Å². The minimum absolute atomic E-state index is 0. The molecular weight excluding hydrogens is 304 g/mol. The van der Waals surface area contributed by atoms with E-state index in [-0.39, 0.29) is 17.3 Å². The highest BCUT2D eigenvalue weighted by molar-refractivity contribution is 7.89. The lowest BCUT2D eigenvalue weighted by Gasteiger charge is -2.10. The van der Waals surface area contributed by atoms with Gasteiger partial charge in [-0.3, -0.25) is 0 Å². The number of hydrogen-bond acceptors (Lipinski definition) is 5. The highest BCUT2D eigenvalue weighted by Crippen LogP contribution is 2.25. The minimum Gasteiger partial charge on any atom is -0.497 e. The Hall–Kier alpha value is -1.02. The van der Waals surface area contributed by atoms with Gasteiger partial charge in [-0.1, -0.05) is 0 Å². The lowest BCUT2D eigenvalue weighted by molar-refractivity contribution is 0.392. The smallest absolute Gasteiger partial charge is 0.240 e. The molecule has 8 heteroatoms. The first-order valence-electron chi connectivity index (χ1n) is 5.91. The Kier molecular flexibility index (Phi) is 8.56. The molecule has 6 nitrogen and oxygen atoms in total. The lowest BCUT2D eigenvalue weighted by Crippen LogP contribution is -2.26. The molecule has 0 unspecified atom stereocenters. The van der Waals surface area contributed by atoms with Crippen molar-refractivity contribution in [2.45, 2.75) is 11.3 Å². The van der Waals surface area contributed by atoms with Crippen molar-refractivity contribution in [3.63, 3.8) is 0 Å². The summed E-state index contributed by atoms with van der Waals surface area (Å²) in [6.07, 6.45) is 0.719. The zero-order valence-electron chi connectivity index (χ0n) is 11.8. The second-order valence-corrected chi connectivity index (χ2v) is 5.67. The number of benzene rings is 1. The van der Waals surface area contributed by atoms with Crippen LogP contribution in [0.1, 0.15) is 6.42 Å². The quantitative estimate of drug-likeness (QED) is 0.698. The maximum atomic E-state index is 12.1. The summed E-state index contributed by atoms with van der Waals surface area (Å²) in [7, 11) is 1.23. The number of sulfonamides is 1. The molecule has 0 saturated carbocycles. The van der Waals surface area contributed by atoms with Gasteiger partial charge in [-0.15, -0.1) is 12.4 Å². The molecule has 0 aliphatic rings. The van der Waals surface area contributed by atoms with Crippen LogP contribution >= 0.6 is 12.4 Å². The molecule has 1 rings (SSSR count). The predicted molar refractivity (Wildman–Crippen MR) is 80.5 cm³/mol. The molecule has 0 bridgehead atoms. The topological polar surface area (TPSA) is 76.7 Å². The van der Waals surface area contributed by atoms with E-state index in [0.29, 0.717) is 18.0 Å². The van der Waals surface area contributed by atoms with Crippen LogP contribution in [0.15, 0.2) is 23.1 Å². The van der Waals surface area contributed by atoms with E-state index >= 15 is 0 Å². The summed E-state index contributed by atoms with van der Waals surface area (Å²) in [4.78, 5) is 0.133. The van der Waals surface area contributed by atoms with Crippen LogP contribution in [-0.4, -0.2) is 42.8 Å². The summed E-state index contributed by atoms with van der Waals surface area (Å²) in [6, 6.07) is 4.55. The number of nitrogens with one attached hydrogen (secondary N) is 2. The summed E-state index contributed by atoms with van der Waals surface area (Å²) in [5, 5.41) is 2.96. The van der Waals surface area contributed by atoms with Gasteiger partial charge in [-0.05, 0) is 20.0 Å². The standard InChI is InChI=1S/C12H20N2O4S.ClH/c1-13-5-4-6-14-19(15,16)12-8-10(17-2)7-11(9-12)18-3;/h7-9,13-14H,4-6H2,1-3H3;1H. The maximum absolute atomic E-state index is 12.1. The van der Waals surface area contributed by atoms with Crippen LogP contribution in [0.25, 0.3) is 0 Å². The monoisotopic (exact) mass is 324 g/mol. The van der Waals surface area contributed by atoms with E-state index in [1.807, 2.05) is 7.05 Å². The van der Waals surface area contributed by atoms with Crippen LogP contribution in [0.4, 0.5) is 0 Å². The molecule has 0 aliphatic carbocycles. The molecule has 0 fully saturated rings. The molecule has 0 heterocycles. The van der Waals surface area contributed by atoms with Crippen molar-refractivity contribution in [3.8, 4) is 11.5 Å². The SMILES string of the molecule is CNCCCNS(=O)(=O)c1cc(OC)cc(OC)c1.Cl. The van der Waals surface area contributed by atoms with Crippen molar-refractivity contribution in [1.29, 1.82) is 0 Å². The van der Waals surface area contributed by atoms with Crippen LogP contribution in [0, 0.1) is 0 Å². The van der Waals surface area contributed by atoms with Gasteiger partial charge in [-0.2, -0.15) is 0 Å². The fraction of sp³-hybridized carbons (Fsp3) is 0.500. The highest BCUT2D eigenvalue weighted by atomic mass is 35.5. The molecule has 0 atom stereocenters. The lowest BCUT2D eigenvalue weighted by atomic mass is 10.3. The Morgan fingerprint density at radius 2 is 1.60 bits per heavy atom. The molecule has 0 aliphatic heterocycles. The van der Waals surface area contributed by atoms with E-state index in [1.165, 1.54) is 26.4 Å². The third-order valence-electron chi connectivity index (χ3n) is 2.53. The zero-order valence-corrected chi connectivity index (χ0v) is 13.4. The van der Waals surface area contributed by atoms with Crippen LogP contribution in [-0.2, 0) is 10.0 Å². The van der Waals surface area contributed by atoms with Crippen molar-refractivity contribution < 1.29 is 17.9 Å². The van der Waals surface area contributed by atoms with E-state index in [4.69, 9.17) is 9.47 Å². The summed E-state index contributed by atoms with van der Waals surface area (Å²) < 4.78 is 36.8. The number of hydrogen-bond donors (Lipinski definition) is 2. The van der Waals surface area contributed by atoms with Crippen molar-refractivity contribution >= 4 is 22.4 Å². The number of methoxy groups -OCH3 is 2. The fourth-order valence-electron chi connectivity index (χ4n) is 1.49. The number of ether oxygens (including phenoxy) is 2. The van der Waals surface area contributed by atoms with Gasteiger partial charge < -0.3 is 14.8 Å². The Morgan fingerprint density at radius 3 is 2.05 bits per heavy atom. The highest BCUT2D eigenvalue weighted by Gasteiger charge is 2.16. The third kappa shape index (κ3) is 5.54. The number of rotatable bonds is 8. The van der Waals surface area contributed by atoms with Crippen LogP contribution in [0.2, 0.25) is 0 Å². The maximum Gasteiger partial charge on any atom is 0.240 e. The van der Waals surface area contributed by atoms with Gasteiger partial charge in [-0.25, -0.2) is 13.1 Å². The average Bonchev–Trinajstić information content (AvgIpc) is 2.43. The Morgan fingerprint density at radius 1 is 1.05 bits per heavy atom. The third-order valence-corrected chi connectivity index (χ3v) is 3.97. The van der Waals surface area contributed by atoms with Gasteiger partial charge in [0.1, 0.15) is 11.5 Å². The first kappa shape index (κ1) is 19.0. The molecule has 0 spiro atoms. The second kappa shape index (κ2) is 9.02. The fourth-order valence-corrected chi connectivity index (χ4v) is 2.61. The van der Waals surface area contributed by atoms with Gasteiger partial charge in [0.15, 0.2) is 0 Å². The van der Waals surface area contributed by atoms with Crippen molar-refractivity contribution in [2.24, 2.45) is 0 Å². The molecule has 0 aromatic heterocycles. The van der Waals surface area contributed by atoms with E-state index in [1.54, 1.807) is 6.07 Å². The van der Waals surface area contributed by atoms with Crippen molar-refractivity contribution in [2.75, 3.05) is 34.4 Å². The number of halogens is 1. The molecule has 116 valence electrons. The first-order chi connectivity index (χ1) is 9.03.